The van der Waals surface area contributed by atoms with Crippen LogP contribution in [0.1, 0.15) is 30.5 Å². The first kappa shape index (κ1) is 20.5. The second-order valence-corrected chi connectivity index (χ2v) is 6.83. The number of amides is 2. The van der Waals surface area contributed by atoms with Gasteiger partial charge in [-0.05, 0) is 35.4 Å². The molecule has 0 fully saturated rings. The molecule has 1 atom stereocenters. The second kappa shape index (κ2) is 8.87. The third kappa shape index (κ3) is 5.00. The Labute approximate surface area is 171 Å². The average molecular weight is 417 g/mol. The minimum absolute atomic E-state index is 0.0346. The minimum atomic E-state index is -0.633. The summed E-state index contributed by atoms with van der Waals surface area (Å²) < 4.78 is 18.1. The predicted octanol–water partition coefficient (Wildman–Crippen LogP) is 3.93. The van der Waals surface area contributed by atoms with E-state index in [0.29, 0.717) is 0 Å². The van der Waals surface area contributed by atoms with Crippen LogP contribution in [0.25, 0.3) is 6.08 Å². The molecular weight excluding hydrogens is 399 g/mol. The van der Waals surface area contributed by atoms with Crippen LogP contribution in [-0.2, 0) is 19.1 Å². The van der Waals surface area contributed by atoms with Crippen LogP contribution in [0.15, 0.2) is 48.7 Å². The highest BCUT2D eigenvalue weighted by Gasteiger charge is 2.29. The average Bonchev–Trinajstić information content (AvgIpc) is 2.68. The van der Waals surface area contributed by atoms with Crippen LogP contribution in [0.3, 0.4) is 0 Å². The summed E-state index contributed by atoms with van der Waals surface area (Å²) >= 11 is 5.85. The van der Waals surface area contributed by atoms with Crippen LogP contribution in [0.4, 0.5) is 10.1 Å². The number of nitrogens with one attached hydrogen (secondary N) is 1. The number of halogens is 2. The molecule has 0 bridgehead atoms. The third-order valence-electron chi connectivity index (χ3n) is 4.40. The molecule has 0 radical (unpaired) electrons. The van der Waals surface area contributed by atoms with E-state index in [2.05, 4.69) is 5.32 Å². The zero-order valence-electron chi connectivity index (χ0n) is 15.5. The standard InChI is InChI=1S/C21H18ClFN2O4/c1-13(26)25-9-8-14-4-2-3-5-16(14)19(25)11-21(28)29-12-20(27)24-18-7-6-15(23)10-17(18)22/h2-10,19H,11-12H2,1H3,(H,24,27)/t19-/m1/s1. The summed E-state index contributed by atoms with van der Waals surface area (Å²) in [5.41, 5.74) is 1.94. The summed E-state index contributed by atoms with van der Waals surface area (Å²) in [5, 5.41) is 2.48. The molecule has 0 aromatic heterocycles. The van der Waals surface area contributed by atoms with E-state index in [9.17, 15) is 18.8 Å². The van der Waals surface area contributed by atoms with E-state index >= 15 is 0 Å². The topological polar surface area (TPSA) is 75.7 Å². The molecule has 0 unspecified atom stereocenters. The van der Waals surface area contributed by atoms with Gasteiger partial charge in [0.1, 0.15) is 5.82 Å². The molecule has 0 aliphatic carbocycles. The molecule has 3 rings (SSSR count). The molecule has 0 spiro atoms. The maximum absolute atomic E-state index is 13.1. The Morgan fingerprint density at radius 1 is 1.21 bits per heavy atom. The number of hydrogen-bond acceptors (Lipinski definition) is 4. The van der Waals surface area contributed by atoms with Gasteiger partial charge in [-0.3, -0.25) is 14.4 Å². The van der Waals surface area contributed by atoms with Gasteiger partial charge in [-0.1, -0.05) is 35.9 Å². The largest absolute Gasteiger partial charge is 0.455 e. The molecule has 2 amide bonds. The van der Waals surface area contributed by atoms with Gasteiger partial charge < -0.3 is 15.0 Å². The lowest BCUT2D eigenvalue weighted by atomic mass is 9.94. The third-order valence-corrected chi connectivity index (χ3v) is 4.71. The quantitative estimate of drug-likeness (QED) is 0.749. The molecule has 0 saturated carbocycles. The highest BCUT2D eigenvalue weighted by atomic mass is 35.5. The first-order valence-electron chi connectivity index (χ1n) is 8.81. The van der Waals surface area contributed by atoms with Crippen LogP contribution in [0.2, 0.25) is 5.02 Å². The summed E-state index contributed by atoms with van der Waals surface area (Å²) in [7, 11) is 0. The Kier molecular flexibility index (Phi) is 6.29. The van der Waals surface area contributed by atoms with Crippen molar-refractivity contribution in [2.24, 2.45) is 0 Å². The van der Waals surface area contributed by atoms with E-state index in [1.165, 1.54) is 17.9 Å². The lowest BCUT2D eigenvalue weighted by Gasteiger charge is -2.32. The van der Waals surface area contributed by atoms with E-state index in [0.717, 1.165) is 23.3 Å². The normalized spacial score (nSPS) is 14.9. The van der Waals surface area contributed by atoms with Crippen molar-refractivity contribution in [3.63, 3.8) is 0 Å². The van der Waals surface area contributed by atoms with Gasteiger partial charge in [0.2, 0.25) is 5.91 Å². The highest BCUT2D eigenvalue weighted by molar-refractivity contribution is 6.33. The van der Waals surface area contributed by atoms with E-state index in [4.69, 9.17) is 16.3 Å². The van der Waals surface area contributed by atoms with Crippen LogP contribution >= 0.6 is 11.6 Å². The second-order valence-electron chi connectivity index (χ2n) is 6.42. The molecule has 8 heteroatoms. The van der Waals surface area contributed by atoms with Crippen molar-refractivity contribution in [1.29, 1.82) is 0 Å². The molecular formula is C21H18ClFN2O4. The van der Waals surface area contributed by atoms with E-state index in [1.54, 1.807) is 12.3 Å². The molecule has 6 nitrogen and oxygen atoms in total. The lowest BCUT2D eigenvalue weighted by molar-refractivity contribution is -0.149. The molecule has 150 valence electrons. The number of carbonyl (C=O) groups is 3. The Hall–Kier alpha value is -3.19. The maximum atomic E-state index is 13.1. The lowest BCUT2D eigenvalue weighted by Crippen LogP contribution is -2.33. The molecule has 29 heavy (non-hydrogen) atoms. The summed E-state index contributed by atoms with van der Waals surface area (Å²) in [6, 6.07) is 10.4. The zero-order valence-corrected chi connectivity index (χ0v) is 16.3. The van der Waals surface area contributed by atoms with Crippen LogP contribution in [0, 0.1) is 5.82 Å². The van der Waals surface area contributed by atoms with Gasteiger partial charge >= 0.3 is 5.97 Å². The molecule has 1 N–H and O–H groups in total. The van der Waals surface area contributed by atoms with Crippen molar-refractivity contribution in [2.75, 3.05) is 11.9 Å². The summed E-state index contributed by atoms with van der Waals surface area (Å²) in [5.74, 6) is -1.99. The summed E-state index contributed by atoms with van der Waals surface area (Å²) in [4.78, 5) is 37.7. The van der Waals surface area contributed by atoms with Gasteiger partial charge in [0.15, 0.2) is 6.61 Å². The number of anilines is 1. The number of rotatable bonds is 5. The van der Waals surface area contributed by atoms with Gasteiger partial charge in [-0.2, -0.15) is 0 Å². The monoisotopic (exact) mass is 416 g/mol. The number of nitrogens with zero attached hydrogens (tertiary/aromatic N) is 1. The van der Waals surface area contributed by atoms with E-state index in [1.807, 2.05) is 24.3 Å². The molecule has 2 aromatic rings. The van der Waals surface area contributed by atoms with Crippen molar-refractivity contribution in [1.82, 2.24) is 4.90 Å². The molecule has 1 aliphatic heterocycles. The Bertz CT molecular complexity index is 992. The molecule has 1 heterocycles. The number of ether oxygens (including phenoxy) is 1. The highest BCUT2D eigenvalue weighted by Crippen LogP contribution is 2.33. The number of benzene rings is 2. The van der Waals surface area contributed by atoms with Crippen LogP contribution in [-0.4, -0.2) is 29.3 Å². The minimum Gasteiger partial charge on any atom is -0.455 e. The van der Waals surface area contributed by atoms with E-state index in [-0.39, 0.29) is 23.0 Å². The first-order valence-corrected chi connectivity index (χ1v) is 9.19. The summed E-state index contributed by atoms with van der Waals surface area (Å²) in [6.45, 7) is 0.882. The zero-order chi connectivity index (χ0) is 21.0. The maximum Gasteiger partial charge on any atom is 0.308 e. The fourth-order valence-corrected chi connectivity index (χ4v) is 3.27. The van der Waals surface area contributed by atoms with Crippen molar-refractivity contribution < 1.29 is 23.5 Å². The van der Waals surface area contributed by atoms with Crippen molar-refractivity contribution >= 4 is 41.1 Å². The van der Waals surface area contributed by atoms with Crippen molar-refractivity contribution in [3.05, 3.63) is 70.6 Å². The van der Waals surface area contributed by atoms with Crippen molar-refractivity contribution in [2.45, 2.75) is 19.4 Å². The van der Waals surface area contributed by atoms with Gasteiger partial charge in [0.25, 0.3) is 5.91 Å². The van der Waals surface area contributed by atoms with E-state index < -0.39 is 30.3 Å². The predicted molar refractivity (Wildman–Crippen MR) is 106 cm³/mol. The van der Waals surface area contributed by atoms with Crippen molar-refractivity contribution in [3.8, 4) is 0 Å². The molecule has 2 aromatic carbocycles. The molecule has 1 aliphatic rings. The summed E-state index contributed by atoms with van der Waals surface area (Å²) in [6.07, 6.45) is 3.33. The van der Waals surface area contributed by atoms with Gasteiger partial charge in [0.05, 0.1) is 23.2 Å². The number of fused-ring (bicyclic) bond motifs is 1. The Morgan fingerprint density at radius 2 is 1.97 bits per heavy atom. The molecule has 0 saturated heterocycles. The van der Waals surface area contributed by atoms with Gasteiger partial charge in [0, 0.05) is 13.1 Å². The van der Waals surface area contributed by atoms with Gasteiger partial charge in [-0.15, -0.1) is 0 Å². The fraction of sp³-hybridized carbons (Fsp3) is 0.190. The number of esters is 1. The first-order chi connectivity index (χ1) is 13.8. The van der Waals surface area contributed by atoms with Crippen LogP contribution < -0.4 is 5.32 Å². The Balaban J connectivity index is 1.61. The number of hydrogen-bond donors (Lipinski definition) is 1. The van der Waals surface area contributed by atoms with Crippen LogP contribution in [0.5, 0.6) is 0 Å². The SMILES string of the molecule is CC(=O)N1C=Cc2ccccc2[C@H]1CC(=O)OCC(=O)Nc1ccc(F)cc1Cl. The van der Waals surface area contributed by atoms with Gasteiger partial charge in [-0.25, -0.2) is 4.39 Å². The number of carbonyl (C=O) groups excluding carboxylic acids is 3. The smallest absolute Gasteiger partial charge is 0.308 e. The fourth-order valence-electron chi connectivity index (χ4n) is 3.05. The Morgan fingerprint density at radius 3 is 2.69 bits per heavy atom.